The Hall–Kier alpha value is -3.03. The number of ether oxygens (including phenoxy) is 2. The van der Waals surface area contributed by atoms with Gasteiger partial charge in [-0.25, -0.2) is 9.59 Å². The third kappa shape index (κ3) is 3.83. The largest absolute Gasteiger partial charge is 0.497 e. The van der Waals surface area contributed by atoms with E-state index in [1.54, 1.807) is 52.3 Å². The molecule has 1 aromatic carbocycles. The first-order valence-electron chi connectivity index (χ1n) is 7.39. The summed E-state index contributed by atoms with van der Waals surface area (Å²) >= 11 is 0. The highest BCUT2D eigenvalue weighted by molar-refractivity contribution is 6.04. The molecule has 0 saturated heterocycles. The van der Waals surface area contributed by atoms with E-state index >= 15 is 0 Å². The molecule has 0 fully saturated rings. The van der Waals surface area contributed by atoms with Crippen LogP contribution >= 0.6 is 0 Å². The van der Waals surface area contributed by atoms with E-state index in [9.17, 15) is 9.59 Å². The molecule has 0 atom stereocenters. The van der Waals surface area contributed by atoms with Crippen LogP contribution < -0.4 is 15.4 Å². The molecule has 24 heavy (non-hydrogen) atoms. The van der Waals surface area contributed by atoms with E-state index in [1.807, 2.05) is 0 Å². The first kappa shape index (κ1) is 17.3. The molecule has 0 aliphatic heterocycles. The second-order valence-electron chi connectivity index (χ2n) is 4.96. The van der Waals surface area contributed by atoms with Crippen molar-refractivity contribution in [1.82, 2.24) is 9.78 Å². The second-order valence-corrected chi connectivity index (χ2v) is 4.96. The van der Waals surface area contributed by atoms with Gasteiger partial charge in [0.25, 0.3) is 0 Å². The minimum atomic E-state index is -0.528. The minimum Gasteiger partial charge on any atom is -0.497 e. The number of carbonyl (C=O) groups is 2. The lowest BCUT2D eigenvalue weighted by Crippen LogP contribution is -2.22. The first-order valence-corrected chi connectivity index (χ1v) is 7.39. The van der Waals surface area contributed by atoms with Gasteiger partial charge in [-0.15, -0.1) is 0 Å². The first-order chi connectivity index (χ1) is 11.5. The third-order valence-corrected chi connectivity index (χ3v) is 3.26. The predicted octanol–water partition coefficient (Wildman–Crippen LogP) is 2.56. The Morgan fingerprint density at radius 3 is 2.71 bits per heavy atom. The number of nitrogens with one attached hydrogen (secondary N) is 2. The van der Waals surface area contributed by atoms with Crippen molar-refractivity contribution in [3.05, 3.63) is 35.5 Å². The van der Waals surface area contributed by atoms with Gasteiger partial charge < -0.3 is 14.8 Å². The molecule has 8 nitrogen and oxygen atoms in total. The van der Waals surface area contributed by atoms with Crippen molar-refractivity contribution in [2.24, 2.45) is 7.05 Å². The number of aryl methyl sites for hydroxylation is 2. The van der Waals surface area contributed by atoms with Gasteiger partial charge in [-0.05, 0) is 26.0 Å². The second kappa shape index (κ2) is 7.49. The molecule has 0 saturated carbocycles. The Kier molecular flexibility index (Phi) is 5.41. The standard InChI is InChI=1S/C16H20N4O4/c1-5-24-15(21)13-10(2)19-20(3)14(13)18-16(22)17-11-7-6-8-12(9-11)23-4/h6-9H,5H2,1-4H3,(H2,17,18,22). The summed E-state index contributed by atoms with van der Waals surface area (Å²) < 4.78 is 11.5. The lowest BCUT2D eigenvalue weighted by molar-refractivity contribution is 0.0526. The molecule has 2 amide bonds. The predicted molar refractivity (Wildman–Crippen MR) is 89.5 cm³/mol. The number of anilines is 2. The van der Waals surface area contributed by atoms with Gasteiger partial charge in [-0.1, -0.05) is 6.07 Å². The average Bonchev–Trinajstić information content (AvgIpc) is 2.81. The highest BCUT2D eigenvalue weighted by atomic mass is 16.5. The molecule has 0 bridgehead atoms. The van der Waals surface area contributed by atoms with Crippen molar-refractivity contribution in [2.45, 2.75) is 13.8 Å². The highest BCUT2D eigenvalue weighted by Crippen LogP contribution is 2.21. The summed E-state index contributed by atoms with van der Waals surface area (Å²) in [6, 6.07) is 6.43. The van der Waals surface area contributed by atoms with Crippen molar-refractivity contribution in [2.75, 3.05) is 24.4 Å². The van der Waals surface area contributed by atoms with E-state index in [0.29, 0.717) is 17.1 Å². The molecule has 0 radical (unpaired) electrons. The van der Waals surface area contributed by atoms with Crippen LogP contribution in [0.1, 0.15) is 23.0 Å². The molecule has 2 rings (SSSR count). The maximum Gasteiger partial charge on any atom is 0.343 e. The number of rotatable bonds is 5. The van der Waals surface area contributed by atoms with Crippen LogP contribution in [0, 0.1) is 6.92 Å². The molecule has 2 aromatic rings. The highest BCUT2D eigenvalue weighted by Gasteiger charge is 2.23. The van der Waals surface area contributed by atoms with Crippen molar-refractivity contribution in [3.8, 4) is 5.75 Å². The summed E-state index contributed by atoms with van der Waals surface area (Å²) in [5.41, 5.74) is 1.27. The van der Waals surface area contributed by atoms with Crippen LogP contribution in [0.5, 0.6) is 5.75 Å². The van der Waals surface area contributed by atoms with Gasteiger partial charge in [0.05, 0.1) is 19.4 Å². The summed E-state index contributed by atoms with van der Waals surface area (Å²) in [6.07, 6.45) is 0. The number of nitrogens with zero attached hydrogens (tertiary/aromatic N) is 2. The van der Waals surface area contributed by atoms with Crippen molar-refractivity contribution in [1.29, 1.82) is 0 Å². The number of aromatic nitrogens is 2. The molecular weight excluding hydrogens is 312 g/mol. The molecule has 8 heteroatoms. The Morgan fingerprint density at radius 2 is 2.04 bits per heavy atom. The average molecular weight is 332 g/mol. The quantitative estimate of drug-likeness (QED) is 0.821. The number of methoxy groups -OCH3 is 1. The number of benzene rings is 1. The molecule has 1 aromatic heterocycles. The maximum absolute atomic E-state index is 12.2. The van der Waals surface area contributed by atoms with Gasteiger partial charge in [-0.3, -0.25) is 10.00 Å². The zero-order valence-electron chi connectivity index (χ0n) is 14.0. The fourth-order valence-electron chi connectivity index (χ4n) is 2.22. The van der Waals surface area contributed by atoms with Gasteiger partial charge in [0.15, 0.2) is 0 Å². The minimum absolute atomic E-state index is 0.236. The van der Waals surface area contributed by atoms with Crippen LogP contribution in [0.25, 0.3) is 0 Å². The van der Waals surface area contributed by atoms with Crippen LogP contribution in [0.2, 0.25) is 0 Å². The Bertz CT molecular complexity index is 755. The molecule has 0 spiro atoms. The number of carbonyl (C=O) groups excluding carboxylic acids is 2. The molecule has 0 unspecified atom stereocenters. The van der Waals surface area contributed by atoms with Crippen molar-refractivity contribution in [3.63, 3.8) is 0 Å². The van der Waals surface area contributed by atoms with E-state index in [-0.39, 0.29) is 18.0 Å². The van der Waals surface area contributed by atoms with Crippen molar-refractivity contribution < 1.29 is 19.1 Å². The van der Waals surface area contributed by atoms with Crippen LogP contribution in [-0.2, 0) is 11.8 Å². The van der Waals surface area contributed by atoms with Crippen LogP contribution in [0.15, 0.2) is 24.3 Å². The fraction of sp³-hybridized carbons (Fsp3) is 0.312. The zero-order chi connectivity index (χ0) is 17.7. The van der Waals surface area contributed by atoms with Gasteiger partial charge in [0.1, 0.15) is 17.1 Å². The van der Waals surface area contributed by atoms with Gasteiger partial charge >= 0.3 is 12.0 Å². The third-order valence-electron chi connectivity index (χ3n) is 3.26. The van der Waals surface area contributed by atoms with Crippen LogP contribution in [0.3, 0.4) is 0 Å². The maximum atomic E-state index is 12.2. The normalized spacial score (nSPS) is 10.2. The van der Waals surface area contributed by atoms with Crippen molar-refractivity contribution >= 4 is 23.5 Å². The number of esters is 1. The zero-order valence-corrected chi connectivity index (χ0v) is 14.0. The van der Waals surface area contributed by atoms with E-state index in [1.165, 1.54) is 4.68 Å². The Balaban J connectivity index is 2.18. The molecule has 1 heterocycles. The van der Waals surface area contributed by atoms with E-state index in [4.69, 9.17) is 9.47 Å². The summed E-state index contributed by atoms with van der Waals surface area (Å²) in [6.45, 7) is 3.63. The number of hydrogen-bond donors (Lipinski definition) is 2. The number of urea groups is 1. The Morgan fingerprint density at radius 1 is 1.29 bits per heavy atom. The van der Waals surface area contributed by atoms with E-state index in [2.05, 4.69) is 15.7 Å². The van der Waals surface area contributed by atoms with Gasteiger partial charge in [0, 0.05) is 18.8 Å². The van der Waals surface area contributed by atoms with Crippen LogP contribution in [0.4, 0.5) is 16.3 Å². The number of hydrogen-bond acceptors (Lipinski definition) is 5. The Labute approximate surface area is 139 Å². The van der Waals surface area contributed by atoms with E-state index in [0.717, 1.165) is 0 Å². The monoisotopic (exact) mass is 332 g/mol. The molecule has 0 aliphatic rings. The summed E-state index contributed by atoms with van der Waals surface area (Å²) in [5.74, 6) is 0.363. The van der Waals surface area contributed by atoms with E-state index < -0.39 is 12.0 Å². The van der Waals surface area contributed by atoms with Crippen LogP contribution in [-0.4, -0.2) is 35.5 Å². The molecule has 2 N–H and O–H groups in total. The molecular formula is C16H20N4O4. The topological polar surface area (TPSA) is 94.5 Å². The molecule has 128 valence electrons. The lowest BCUT2D eigenvalue weighted by atomic mass is 10.2. The summed E-state index contributed by atoms with van der Waals surface area (Å²) in [4.78, 5) is 24.3. The lowest BCUT2D eigenvalue weighted by Gasteiger charge is -2.10. The SMILES string of the molecule is CCOC(=O)c1c(C)nn(C)c1NC(=O)Nc1cccc(OC)c1. The van der Waals surface area contributed by atoms with Gasteiger partial charge in [-0.2, -0.15) is 5.10 Å². The fourth-order valence-corrected chi connectivity index (χ4v) is 2.22. The summed E-state index contributed by atoms with van der Waals surface area (Å²) in [7, 11) is 3.18. The number of amides is 2. The summed E-state index contributed by atoms with van der Waals surface area (Å²) in [5, 5.41) is 9.47. The molecule has 0 aliphatic carbocycles. The van der Waals surface area contributed by atoms with Gasteiger partial charge in [0.2, 0.25) is 0 Å². The smallest absolute Gasteiger partial charge is 0.343 e.